The van der Waals surface area contributed by atoms with E-state index in [0.29, 0.717) is 11.4 Å². The first-order chi connectivity index (χ1) is 13.9. The molecule has 2 amide bonds. The highest BCUT2D eigenvalue weighted by atomic mass is 32.1. The predicted molar refractivity (Wildman–Crippen MR) is 111 cm³/mol. The lowest BCUT2D eigenvalue weighted by Crippen LogP contribution is -2.20. The van der Waals surface area contributed by atoms with Crippen molar-refractivity contribution >= 4 is 40.5 Å². The second-order valence-electron chi connectivity index (χ2n) is 6.11. The van der Waals surface area contributed by atoms with Gasteiger partial charge >= 0.3 is 0 Å². The standard InChI is InChI=1S/C20H18FN5O2S/c1-11-3-6-16(24-10-11)26-20(28)17-15(7-8-29-17)25-19(27)13-5-4-12(9-14(13)21)18(22)23-2/h3-10H,1-2H3,(H2,22,23)(H,25,27)(H,24,26,28). The van der Waals surface area contributed by atoms with E-state index >= 15 is 0 Å². The third kappa shape index (κ3) is 4.64. The molecule has 0 spiro atoms. The van der Waals surface area contributed by atoms with E-state index in [9.17, 15) is 14.0 Å². The smallest absolute Gasteiger partial charge is 0.269 e. The maximum absolute atomic E-state index is 14.3. The number of carbonyl (C=O) groups is 2. The van der Waals surface area contributed by atoms with Gasteiger partial charge in [0.1, 0.15) is 22.3 Å². The minimum Gasteiger partial charge on any atom is -0.373 e. The number of nitrogens with one attached hydrogen (secondary N) is 4. The summed E-state index contributed by atoms with van der Waals surface area (Å²) in [6.45, 7) is 1.89. The van der Waals surface area contributed by atoms with Crippen LogP contribution in [0.3, 0.4) is 0 Å². The Morgan fingerprint density at radius 2 is 1.90 bits per heavy atom. The Balaban J connectivity index is 1.75. The van der Waals surface area contributed by atoms with Gasteiger partial charge in [-0.25, -0.2) is 9.37 Å². The number of halogens is 1. The van der Waals surface area contributed by atoms with Crippen molar-refractivity contribution in [2.45, 2.75) is 6.92 Å². The Morgan fingerprint density at radius 1 is 1.10 bits per heavy atom. The number of amides is 2. The van der Waals surface area contributed by atoms with E-state index in [0.717, 1.165) is 23.0 Å². The van der Waals surface area contributed by atoms with Crippen LogP contribution >= 0.6 is 11.3 Å². The van der Waals surface area contributed by atoms with Crippen LogP contribution in [0.15, 0.2) is 48.0 Å². The molecule has 1 aromatic carbocycles. The van der Waals surface area contributed by atoms with Gasteiger partial charge < -0.3 is 16.0 Å². The molecule has 29 heavy (non-hydrogen) atoms. The number of hydrogen-bond donors (Lipinski definition) is 4. The molecule has 9 heteroatoms. The fourth-order valence-corrected chi connectivity index (χ4v) is 3.23. The first-order valence-corrected chi connectivity index (χ1v) is 9.46. The van der Waals surface area contributed by atoms with Crippen molar-refractivity contribution in [1.29, 1.82) is 5.41 Å². The van der Waals surface area contributed by atoms with E-state index in [4.69, 9.17) is 5.41 Å². The van der Waals surface area contributed by atoms with Gasteiger partial charge in [0.05, 0.1) is 11.3 Å². The summed E-state index contributed by atoms with van der Waals surface area (Å²) in [5, 5.41) is 17.2. The Bertz CT molecular complexity index is 1080. The summed E-state index contributed by atoms with van der Waals surface area (Å²) in [6, 6.07) is 8.95. The number of thiophene rings is 1. The lowest BCUT2D eigenvalue weighted by Gasteiger charge is -2.09. The lowest BCUT2D eigenvalue weighted by molar-refractivity contribution is 0.102. The molecule has 2 aromatic heterocycles. The van der Waals surface area contributed by atoms with E-state index in [2.05, 4.69) is 20.9 Å². The van der Waals surface area contributed by atoms with Crippen molar-refractivity contribution in [3.63, 3.8) is 0 Å². The second-order valence-corrected chi connectivity index (χ2v) is 7.03. The molecule has 0 aliphatic heterocycles. The second kappa shape index (κ2) is 8.61. The molecule has 0 bridgehead atoms. The van der Waals surface area contributed by atoms with Crippen LogP contribution in [-0.4, -0.2) is 29.7 Å². The van der Waals surface area contributed by atoms with Gasteiger partial charge in [-0.1, -0.05) is 12.1 Å². The molecule has 0 aliphatic rings. The summed E-state index contributed by atoms with van der Waals surface area (Å²) in [6.07, 6.45) is 1.63. The topological polar surface area (TPSA) is 107 Å². The first-order valence-electron chi connectivity index (χ1n) is 8.58. The summed E-state index contributed by atoms with van der Waals surface area (Å²) in [5.41, 5.74) is 1.37. The van der Waals surface area contributed by atoms with E-state index in [1.807, 2.05) is 13.0 Å². The van der Waals surface area contributed by atoms with Crippen LogP contribution in [0.1, 0.15) is 31.2 Å². The molecule has 0 atom stereocenters. The van der Waals surface area contributed by atoms with Gasteiger partial charge in [0.15, 0.2) is 0 Å². The summed E-state index contributed by atoms with van der Waals surface area (Å²) in [4.78, 5) is 29.4. The number of rotatable bonds is 5. The monoisotopic (exact) mass is 411 g/mol. The van der Waals surface area contributed by atoms with Crippen molar-refractivity contribution in [2.24, 2.45) is 0 Å². The molecule has 3 rings (SSSR count). The first kappa shape index (κ1) is 20.2. The zero-order chi connectivity index (χ0) is 21.0. The molecule has 148 valence electrons. The van der Waals surface area contributed by atoms with Crippen LogP contribution in [0.25, 0.3) is 0 Å². The van der Waals surface area contributed by atoms with Crippen molar-refractivity contribution in [3.05, 3.63) is 75.4 Å². The summed E-state index contributed by atoms with van der Waals surface area (Å²) in [5.74, 6) is -1.45. The van der Waals surface area contributed by atoms with Crippen molar-refractivity contribution in [3.8, 4) is 0 Å². The summed E-state index contributed by atoms with van der Waals surface area (Å²) < 4.78 is 14.3. The van der Waals surface area contributed by atoms with Crippen LogP contribution in [0.4, 0.5) is 15.9 Å². The van der Waals surface area contributed by atoms with Gasteiger partial charge in [-0.15, -0.1) is 11.3 Å². The van der Waals surface area contributed by atoms with E-state index < -0.39 is 17.6 Å². The van der Waals surface area contributed by atoms with E-state index in [-0.39, 0.29) is 22.0 Å². The Hall–Kier alpha value is -3.59. The highest BCUT2D eigenvalue weighted by molar-refractivity contribution is 7.12. The molecule has 0 unspecified atom stereocenters. The number of aromatic nitrogens is 1. The van der Waals surface area contributed by atoms with Gasteiger partial charge in [-0.05, 0) is 42.1 Å². The molecule has 0 saturated carbocycles. The molecule has 4 N–H and O–H groups in total. The molecule has 0 fully saturated rings. The number of pyridine rings is 1. The summed E-state index contributed by atoms with van der Waals surface area (Å²) in [7, 11) is 1.55. The van der Waals surface area contributed by atoms with Crippen molar-refractivity contribution in [2.75, 3.05) is 17.7 Å². The number of anilines is 2. The Kier molecular flexibility index (Phi) is 5.99. The molecule has 0 saturated heterocycles. The molecule has 0 radical (unpaired) electrons. The van der Waals surface area contributed by atoms with Crippen molar-refractivity contribution in [1.82, 2.24) is 10.3 Å². The average molecular weight is 411 g/mol. The average Bonchev–Trinajstić information content (AvgIpc) is 3.17. The van der Waals surface area contributed by atoms with Gasteiger partial charge in [0.25, 0.3) is 11.8 Å². The number of carbonyl (C=O) groups excluding carboxylic acids is 2. The third-order valence-corrected chi connectivity index (χ3v) is 4.94. The van der Waals surface area contributed by atoms with Gasteiger partial charge in [-0.3, -0.25) is 15.0 Å². The largest absolute Gasteiger partial charge is 0.373 e. The highest BCUT2D eigenvalue weighted by Crippen LogP contribution is 2.24. The summed E-state index contributed by atoms with van der Waals surface area (Å²) >= 11 is 1.15. The minimum absolute atomic E-state index is 0.0392. The lowest BCUT2D eigenvalue weighted by atomic mass is 10.1. The SMILES string of the molecule is CNC(=N)c1ccc(C(=O)Nc2ccsc2C(=O)Nc2ccc(C)cn2)c(F)c1. The number of nitrogens with zero attached hydrogens (tertiary/aromatic N) is 1. The molecule has 7 nitrogen and oxygen atoms in total. The number of hydrogen-bond acceptors (Lipinski definition) is 5. The number of amidine groups is 1. The van der Waals surface area contributed by atoms with Crippen LogP contribution in [0.5, 0.6) is 0 Å². The van der Waals surface area contributed by atoms with Gasteiger partial charge in [0.2, 0.25) is 0 Å². The third-order valence-electron chi connectivity index (χ3n) is 4.03. The van der Waals surface area contributed by atoms with Crippen LogP contribution in [-0.2, 0) is 0 Å². The number of benzene rings is 1. The maximum Gasteiger partial charge on any atom is 0.269 e. The van der Waals surface area contributed by atoms with Crippen molar-refractivity contribution < 1.29 is 14.0 Å². The fourth-order valence-electron chi connectivity index (χ4n) is 2.49. The molecular weight excluding hydrogens is 393 g/mol. The zero-order valence-corrected chi connectivity index (χ0v) is 16.5. The fraction of sp³-hybridized carbons (Fsp3) is 0.100. The van der Waals surface area contributed by atoms with Crippen LogP contribution in [0.2, 0.25) is 0 Å². The normalized spacial score (nSPS) is 10.3. The Labute approximate surface area is 170 Å². The van der Waals surface area contributed by atoms with Gasteiger partial charge in [0, 0.05) is 18.8 Å². The van der Waals surface area contributed by atoms with E-state index in [1.54, 1.807) is 30.8 Å². The highest BCUT2D eigenvalue weighted by Gasteiger charge is 2.19. The predicted octanol–water partition coefficient (Wildman–Crippen LogP) is 3.64. The zero-order valence-electron chi connectivity index (χ0n) is 15.7. The number of aryl methyl sites for hydroxylation is 1. The van der Waals surface area contributed by atoms with Gasteiger partial charge in [-0.2, -0.15) is 0 Å². The minimum atomic E-state index is -0.759. The van der Waals surface area contributed by atoms with Crippen LogP contribution < -0.4 is 16.0 Å². The molecular formula is C20H18FN5O2S. The molecule has 0 aliphatic carbocycles. The molecule has 2 heterocycles. The van der Waals surface area contributed by atoms with Crippen LogP contribution in [0, 0.1) is 18.2 Å². The quantitative estimate of drug-likeness (QED) is 0.380. The van der Waals surface area contributed by atoms with E-state index in [1.165, 1.54) is 12.1 Å². The molecule has 3 aromatic rings. The maximum atomic E-state index is 14.3. The Morgan fingerprint density at radius 3 is 2.55 bits per heavy atom.